The van der Waals surface area contributed by atoms with Crippen LogP contribution in [0.15, 0.2) is 34.0 Å². The zero-order chi connectivity index (χ0) is 21.7. The molecule has 0 saturated carbocycles. The second-order valence-electron chi connectivity index (χ2n) is 8.83. The van der Waals surface area contributed by atoms with Crippen LogP contribution in [0.2, 0.25) is 0 Å². The molecule has 3 aromatic rings. The van der Waals surface area contributed by atoms with Gasteiger partial charge in [-0.2, -0.15) is 0 Å². The summed E-state index contributed by atoms with van der Waals surface area (Å²) in [5, 5.41) is 3.66. The lowest BCUT2D eigenvalue weighted by molar-refractivity contribution is 0.371. The third kappa shape index (κ3) is 3.19. The average Bonchev–Trinajstić information content (AvgIpc) is 3.19. The van der Waals surface area contributed by atoms with E-state index in [4.69, 9.17) is 4.74 Å². The Morgan fingerprint density at radius 2 is 2.10 bits per heavy atom. The molecule has 2 aliphatic rings. The van der Waals surface area contributed by atoms with Crippen molar-refractivity contribution in [1.82, 2.24) is 19.9 Å². The van der Waals surface area contributed by atoms with Crippen LogP contribution in [-0.2, 0) is 13.0 Å². The van der Waals surface area contributed by atoms with Crippen molar-refractivity contribution < 1.29 is 4.74 Å². The number of pyridine rings is 1. The van der Waals surface area contributed by atoms with Crippen molar-refractivity contribution in [3.05, 3.63) is 67.5 Å². The molecule has 2 N–H and O–H groups in total. The molecule has 162 valence electrons. The molecule has 1 aliphatic carbocycles. The number of rotatable bonds is 4. The number of methoxy groups -OCH3 is 1. The average molecular weight is 421 g/mol. The van der Waals surface area contributed by atoms with Crippen LogP contribution in [0.1, 0.15) is 41.0 Å². The number of fused-ring (bicyclic) bond motifs is 4. The minimum atomic E-state index is -0.367. The van der Waals surface area contributed by atoms with Crippen LogP contribution in [0, 0.1) is 19.8 Å². The van der Waals surface area contributed by atoms with Gasteiger partial charge in [0.05, 0.1) is 12.6 Å². The van der Waals surface area contributed by atoms with E-state index in [1.165, 1.54) is 15.7 Å². The Balaban J connectivity index is 1.45. The van der Waals surface area contributed by atoms with Crippen LogP contribution in [0.5, 0.6) is 5.75 Å². The molecule has 3 atom stereocenters. The molecular weight excluding hydrogens is 392 g/mol. The SMILES string of the molecule is COc1cccc2c1CC[C@H]1CNC(CCn3c(=O)[nH]c4c(C)c(C)cnc4c3=O)[C@@H]21. The van der Waals surface area contributed by atoms with Gasteiger partial charge < -0.3 is 15.0 Å². The molecule has 0 spiro atoms. The number of aryl methyl sites for hydroxylation is 2. The third-order valence-corrected chi connectivity index (χ3v) is 7.28. The molecule has 31 heavy (non-hydrogen) atoms. The number of nitrogens with zero attached hydrogens (tertiary/aromatic N) is 2. The van der Waals surface area contributed by atoms with Gasteiger partial charge in [0.2, 0.25) is 0 Å². The maximum Gasteiger partial charge on any atom is 0.328 e. The monoisotopic (exact) mass is 420 g/mol. The zero-order valence-corrected chi connectivity index (χ0v) is 18.2. The summed E-state index contributed by atoms with van der Waals surface area (Å²) in [6.45, 7) is 5.15. The number of nitrogens with one attached hydrogen (secondary N) is 2. The molecule has 0 bridgehead atoms. The lowest BCUT2D eigenvalue weighted by atomic mass is 9.73. The molecule has 5 rings (SSSR count). The Morgan fingerprint density at radius 3 is 2.90 bits per heavy atom. The van der Waals surface area contributed by atoms with Crippen molar-refractivity contribution in [3.63, 3.8) is 0 Å². The van der Waals surface area contributed by atoms with E-state index in [0.717, 1.165) is 36.3 Å². The number of aromatic amines is 1. The number of ether oxygens (including phenoxy) is 1. The fourth-order valence-corrected chi connectivity index (χ4v) is 5.48. The lowest BCUT2D eigenvalue weighted by Gasteiger charge is -2.32. The molecule has 3 heterocycles. The second-order valence-corrected chi connectivity index (χ2v) is 8.83. The van der Waals surface area contributed by atoms with E-state index in [2.05, 4.69) is 27.4 Å². The van der Waals surface area contributed by atoms with Crippen molar-refractivity contribution in [2.45, 2.75) is 51.6 Å². The van der Waals surface area contributed by atoms with Gasteiger partial charge in [-0.25, -0.2) is 9.78 Å². The normalized spacial score (nSPS) is 22.4. The molecular formula is C24H28N4O3. The van der Waals surface area contributed by atoms with Crippen LogP contribution < -0.4 is 21.3 Å². The first-order valence-electron chi connectivity index (χ1n) is 11.0. The van der Waals surface area contributed by atoms with E-state index in [-0.39, 0.29) is 17.3 Å². The summed E-state index contributed by atoms with van der Waals surface area (Å²) in [4.78, 5) is 32.9. The van der Waals surface area contributed by atoms with Gasteiger partial charge in [-0.15, -0.1) is 0 Å². The van der Waals surface area contributed by atoms with Gasteiger partial charge >= 0.3 is 5.69 Å². The summed E-state index contributed by atoms with van der Waals surface area (Å²) >= 11 is 0. The molecule has 7 heteroatoms. The quantitative estimate of drug-likeness (QED) is 0.677. The molecule has 1 unspecified atom stereocenters. The molecule has 1 fully saturated rings. The van der Waals surface area contributed by atoms with Gasteiger partial charge in [-0.1, -0.05) is 12.1 Å². The van der Waals surface area contributed by atoms with Crippen LogP contribution in [0.25, 0.3) is 11.0 Å². The smallest absolute Gasteiger partial charge is 0.328 e. The number of hydrogen-bond acceptors (Lipinski definition) is 5. The maximum atomic E-state index is 13.0. The summed E-state index contributed by atoms with van der Waals surface area (Å²) < 4.78 is 6.90. The fourth-order valence-electron chi connectivity index (χ4n) is 5.48. The zero-order valence-electron chi connectivity index (χ0n) is 18.2. The van der Waals surface area contributed by atoms with Crippen LogP contribution in [-0.4, -0.2) is 34.2 Å². The molecule has 0 amide bonds. The molecule has 0 radical (unpaired) electrons. The second kappa shape index (κ2) is 7.64. The Hall–Kier alpha value is -2.93. The van der Waals surface area contributed by atoms with Gasteiger partial charge in [-0.05, 0) is 73.9 Å². The molecule has 1 saturated heterocycles. The third-order valence-electron chi connectivity index (χ3n) is 7.28. The predicted octanol–water partition coefficient (Wildman–Crippen LogP) is 2.42. The Bertz CT molecular complexity index is 1280. The highest BCUT2D eigenvalue weighted by Gasteiger charge is 2.40. The summed E-state index contributed by atoms with van der Waals surface area (Å²) in [6.07, 6.45) is 4.55. The highest BCUT2D eigenvalue weighted by atomic mass is 16.5. The highest BCUT2D eigenvalue weighted by Crippen LogP contribution is 2.45. The van der Waals surface area contributed by atoms with Gasteiger partial charge in [0.25, 0.3) is 5.56 Å². The number of H-pyrrole nitrogens is 1. The van der Waals surface area contributed by atoms with E-state index in [1.54, 1.807) is 13.3 Å². The van der Waals surface area contributed by atoms with Crippen molar-refractivity contribution in [3.8, 4) is 5.75 Å². The van der Waals surface area contributed by atoms with Crippen LogP contribution in [0.4, 0.5) is 0 Å². The Kier molecular flexibility index (Phi) is 4.93. The lowest BCUT2D eigenvalue weighted by Crippen LogP contribution is -2.38. The molecule has 1 aromatic carbocycles. The molecule has 1 aliphatic heterocycles. The predicted molar refractivity (Wildman–Crippen MR) is 120 cm³/mol. The minimum Gasteiger partial charge on any atom is -0.496 e. The maximum absolute atomic E-state index is 13.0. The largest absolute Gasteiger partial charge is 0.496 e. The summed E-state index contributed by atoms with van der Waals surface area (Å²) in [7, 11) is 1.72. The van der Waals surface area contributed by atoms with E-state index in [9.17, 15) is 9.59 Å². The van der Waals surface area contributed by atoms with Gasteiger partial charge in [0, 0.05) is 24.7 Å². The van der Waals surface area contributed by atoms with Crippen molar-refractivity contribution in [2.75, 3.05) is 13.7 Å². The highest BCUT2D eigenvalue weighted by molar-refractivity contribution is 5.77. The van der Waals surface area contributed by atoms with Gasteiger partial charge in [0.1, 0.15) is 5.75 Å². The van der Waals surface area contributed by atoms with Crippen molar-refractivity contribution >= 4 is 11.0 Å². The summed E-state index contributed by atoms with van der Waals surface area (Å²) in [6, 6.07) is 6.51. The number of aromatic nitrogens is 3. The first-order chi connectivity index (χ1) is 15.0. The summed E-state index contributed by atoms with van der Waals surface area (Å²) in [5.74, 6) is 1.90. The van der Waals surface area contributed by atoms with Gasteiger partial charge in [-0.3, -0.25) is 9.36 Å². The fraction of sp³-hybridized carbons (Fsp3) is 0.458. The summed E-state index contributed by atoms with van der Waals surface area (Å²) in [5.41, 5.74) is 4.67. The van der Waals surface area contributed by atoms with Crippen molar-refractivity contribution in [2.24, 2.45) is 5.92 Å². The standard InChI is InChI=1S/C24H28N4O3/c1-13-11-26-22-21(14(13)2)27-24(30)28(23(22)29)10-9-18-20-15(12-25-18)7-8-16-17(20)5-4-6-19(16)31-3/h4-6,11,15,18,20,25H,7-10,12H2,1-3H3,(H,27,30)/t15-,18?,20+/m0/s1. The van der Waals surface area contributed by atoms with Crippen LogP contribution >= 0.6 is 0 Å². The van der Waals surface area contributed by atoms with E-state index >= 15 is 0 Å². The van der Waals surface area contributed by atoms with Crippen LogP contribution in [0.3, 0.4) is 0 Å². The Labute approximate surface area is 180 Å². The Morgan fingerprint density at radius 1 is 1.26 bits per heavy atom. The van der Waals surface area contributed by atoms with E-state index in [1.807, 2.05) is 19.9 Å². The first-order valence-corrected chi connectivity index (χ1v) is 11.0. The van der Waals surface area contributed by atoms with E-state index in [0.29, 0.717) is 35.8 Å². The van der Waals surface area contributed by atoms with Crippen molar-refractivity contribution in [1.29, 1.82) is 0 Å². The number of benzene rings is 1. The van der Waals surface area contributed by atoms with Gasteiger partial charge in [0.15, 0.2) is 5.52 Å². The minimum absolute atomic E-state index is 0.214. The molecule has 7 nitrogen and oxygen atoms in total. The molecule has 2 aromatic heterocycles. The number of hydrogen-bond donors (Lipinski definition) is 2. The van der Waals surface area contributed by atoms with E-state index < -0.39 is 0 Å². The topological polar surface area (TPSA) is 89.0 Å². The first kappa shape index (κ1) is 20.0.